The average molecular weight is 418 g/mol. The van der Waals surface area contributed by atoms with E-state index in [9.17, 15) is 13.2 Å². The minimum absolute atomic E-state index is 0.138. The Morgan fingerprint density at radius 1 is 0.931 bits per heavy atom. The fourth-order valence-electron chi connectivity index (χ4n) is 3.80. The second-order valence-corrected chi connectivity index (χ2v) is 9.51. The molecule has 0 spiro atoms. The molecule has 1 amide bonds. The lowest BCUT2D eigenvalue weighted by atomic mass is 10.1. The Hall–Kier alpha value is -1.96. The van der Waals surface area contributed by atoms with E-state index in [0.29, 0.717) is 37.6 Å². The summed E-state index contributed by atoms with van der Waals surface area (Å²) in [5, 5.41) is 1.95. The Kier molecular flexibility index (Phi) is 7.27. The number of fused-ring (bicyclic) bond motifs is 1. The molecule has 0 unspecified atom stereocenters. The van der Waals surface area contributed by atoms with Crippen LogP contribution < -0.4 is 0 Å². The maximum atomic E-state index is 13.1. The van der Waals surface area contributed by atoms with Crippen LogP contribution in [0.5, 0.6) is 0 Å². The van der Waals surface area contributed by atoms with Crippen LogP contribution in [-0.4, -0.2) is 74.2 Å². The first-order valence-corrected chi connectivity index (χ1v) is 11.9. The Morgan fingerprint density at radius 2 is 1.55 bits per heavy atom. The zero-order valence-electron chi connectivity index (χ0n) is 17.4. The summed E-state index contributed by atoms with van der Waals surface area (Å²) < 4.78 is 27.7. The van der Waals surface area contributed by atoms with Crippen molar-refractivity contribution in [1.29, 1.82) is 0 Å². The molecule has 0 aliphatic carbocycles. The van der Waals surface area contributed by atoms with Gasteiger partial charge in [0.2, 0.25) is 15.9 Å². The number of carbonyl (C=O) groups excluding carboxylic acids is 1. The van der Waals surface area contributed by atoms with Gasteiger partial charge < -0.3 is 4.90 Å². The van der Waals surface area contributed by atoms with E-state index in [1.807, 2.05) is 35.2 Å². The van der Waals surface area contributed by atoms with Gasteiger partial charge in [0.15, 0.2) is 0 Å². The quantitative estimate of drug-likeness (QED) is 0.663. The fraction of sp³-hybridized carbons (Fsp3) is 0.500. The summed E-state index contributed by atoms with van der Waals surface area (Å²) in [4.78, 5) is 16.9. The molecule has 0 aromatic heterocycles. The molecule has 0 saturated carbocycles. The SMILES string of the molecule is CCCN(CCC)C(=O)CN1CCN(S(=O)(=O)c2ccc3ccccc3c2)CC1. The molecule has 1 aliphatic heterocycles. The maximum absolute atomic E-state index is 13.1. The Bertz CT molecular complexity index is 931. The topological polar surface area (TPSA) is 60.9 Å². The second-order valence-electron chi connectivity index (χ2n) is 7.57. The van der Waals surface area contributed by atoms with Crippen molar-refractivity contribution in [3.8, 4) is 0 Å². The predicted molar refractivity (Wildman–Crippen MR) is 116 cm³/mol. The lowest BCUT2D eigenvalue weighted by Crippen LogP contribution is -2.51. The first-order valence-electron chi connectivity index (χ1n) is 10.4. The molecule has 3 rings (SSSR count). The molecule has 2 aromatic rings. The molecule has 0 radical (unpaired) electrons. The summed E-state index contributed by atoms with van der Waals surface area (Å²) >= 11 is 0. The summed E-state index contributed by atoms with van der Waals surface area (Å²) in [7, 11) is -3.53. The van der Waals surface area contributed by atoms with Crippen molar-refractivity contribution in [3.05, 3.63) is 42.5 Å². The van der Waals surface area contributed by atoms with E-state index < -0.39 is 10.0 Å². The first-order chi connectivity index (χ1) is 14.0. The van der Waals surface area contributed by atoms with Crippen LogP contribution in [-0.2, 0) is 14.8 Å². The van der Waals surface area contributed by atoms with E-state index in [1.165, 1.54) is 4.31 Å². The third kappa shape index (κ3) is 5.15. The number of amides is 1. The number of benzene rings is 2. The van der Waals surface area contributed by atoms with Crippen LogP contribution in [0, 0.1) is 0 Å². The molecule has 6 nitrogen and oxygen atoms in total. The molecular weight excluding hydrogens is 386 g/mol. The number of hydrogen-bond acceptors (Lipinski definition) is 4. The van der Waals surface area contributed by atoms with Crippen LogP contribution >= 0.6 is 0 Å². The van der Waals surface area contributed by atoms with Gasteiger partial charge in [0.1, 0.15) is 0 Å². The third-order valence-corrected chi connectivity index (χ3v) is 7.28. The molecule has 29 heavy (non-hydrogen) atoms. The highest BCUT2D eigenvalue weighted by Gasteiger charge is 2.29. The second kappa shape index (κ2) is 9.69. The van der Waals surface area contributed by atoms with Gasteiger partial charge in [-0.3, -0.25) is 9.69 Å². The highest BCUT2D eigenvalue weighted by molar-refractivity contribution is 7.89. The van der Waals surface area contributed by atoms with Gasteiger partial charge in [-0.2, -0.15) is 4.31 Å². The van der Waals surface area contributed by atoms with Gasteiger partial charge in [-0.05, 0) is 35.7 Å². The summed E-state index contributed by atoms with van der Waals surface area (Å²) in [6.07, 6.45) is 1.90. The number of hydrogen-bond donors (Lipinski definition) is 0. The van der Waals surface area contributed by atoms with Gasteiger partial charge in [0, 0.05) is 39.3 Å². The average Bonchev–Trinajstić information content (AvgIpc) is 2.73. The summed E-state index contributed by atoms with van der Waals surface area (Å²) in [6, 6.07) is 13.0. The highest BCUT2D eigenvalue weighted by atomic mass is 32.2. The van der Waals surface area contributed by atoms with Gasteiger partial charge in [0.05, 0.1) is 11.4 Å². The number of rotatable bonds is 8. The van der Waals surface area contributed by atoms with Crippen LogP contribution in [0.4, 0.5) is 0 Å². The third-order valence-electron chi connectivity index (χ3n) is 5.39. The standard InChI is InChI=1S/C22H31N3O3S/c1-3-11-24(12-4-2)22(26)18-23-13-15-25(16-14-23)29(27,28)21-10-9-19-7-5-6-8-20(19)17-21/h5-10,17H,3-4,11-16,18H2,1-2H3. The molecule has 2 aromatic carbocycles. The largest absolute Gasteiger partial charge is 0.342 e. The van der Waals surface area contributed by atoms with Crippen molar-refractivity contribution in [2.45, 2.75) is 31.6 Å². The molecule has 1 saturated heterocycles. The molecule has 1 fully saturated rings. The maximum Gasteiger partial charge on any atom is 0.243 e. The lowest BCUT2D eigenvalue weighted by molar-refractivity contribution is -0.132. The van der Waals surface area contributed by atoms with Crippen molar-refractivity contribution in [2.24, 2.45) is 0 Å². The molecule has 0 atom stereocenters. The Balaban J connectivity index is 1.62. The lowest BCUT2D eigenvalue weighted by Gasteiger charge is -2.34. The van der Waals surface area contributed by atoms with E-state index in [1.54, 1.807) is 12.1 Å². The monoisotopic (exact) mass is 417 g/mol. The normalized spacial score (nSPS) is 16.2. The number of nitrogens with zero attached hydrogens (tertiary/aromatic N) is 3. The zero-order valence-corrected chi connectivity index (χ0v) is 18.2. The molecular formula is C22H31N3O3S. The molecule has 1 heterocycles. The summed E-state index contributed by atoms with van der Waals surface area (Å²) in [5.41, 5.74) is 0. The predicted octanol–water partition coefficient (Wildman–Crippen LogP) is 2.79. The van der Waals surface area contributed by atoms with Crippen LogP contribution in [0.25, 0.3) is 10.8 Å². The molecule has 0 bridgehead atoms. The van der Waals surface area contributed by atoms with Gasteiger partial charge in [0.25, 0.3) is 0 Å². The van der Waals surface area contributed by atoms with Gasteiger partial charge >= 0.3 is 0 Å². The van der Waals surface area contributed by atoms with Gasteiger partial charge in [-0.25, -0.2) is 8.42 Å². The minimum Gasteiger partial charge on any atom is -0.342 e. The Labute approximate surface area is 174 Å². The van der Waals surface area contributed by atoms with Crippen LogP contribution in [0.3, 0.4) is 0 Å². The van der Waals surface area contributed by atoms with Crippen LogP contribution in [0.2, 0.25) is 0 Å². The molecule has 1 aliphatic rings. The van der Waals surface area contributed by atoms with Crippen molar-refractivity contribution >= 4 is 26.7 Å². The zero-order chi connectivity index (χ0) is 20.9. The number of carbonyl (C=O) groups is 1. The van der Waals surface area contributed by atoms with E-state index in [0.717, 1.165) is 36.7 Å². The van der Waals surface area contributed by atoms with Crippen LogP contribution in [0.1, 0.15) is 26.7 Å². The fourth-order valence-corrected chi connectivity index (χ4v) is 5.26. The molecule has 0 N–H and O–H groups in total. The number of piperazine rings is 1. The van der Waals surface area contributed by atoms with Crippen LogP contribution in [0.15, 0.2) is 47.4 Å². The van der Waals surface area contributed by atoms with Crippen molar-refractivity contribution < 1.29 is 13.2 Å². The van der Waals surface area contributed by atoms with E-state index in [4.69, 9.17) is 0 Å². The van der Waals surface area contributed by atoms with E-state index in [2.05, 4.69) is 18.7 Å². The van der Waals surface area contributed by atoms with Gasteiger partial charge in [-0.15, -0.1) is 0 Å². The van der Waals surface area contributed by atoms with Crippen molar-refractivity contribution in [2.75, 3.05) is 45.8 Å². The Morgan fingerprint density at radius 3 is 2.17 bits per heavy atom. The van der Waals surface area contributed by atoms with Crippen molar-refractivity contribution in [1.82, 2.24) is 14.1 Å². The van der Waals surface area contributed by atoms with Gasteiger partial charge in [-0.1, -0.05) is 44.2 Å². The van der Waals surface area contributed by atoms with E-state index >= 15 is 0 Å². The smallest absolute Gasteiger partial charge is 0.243 e. The molecule has 7 heteroatoms. The van der Waals surface area contributed by atoms with E-state index in [-0.39, 0.29) is 5.91 Å². The highest BCUT2D eigenvalue weighted by Crippen LogP contribution is 2.22. The summed E-state index contributed by atoms with van der Waals surface area (Å²) in [6.45, 7) is 8.04. The first kappa shape index (κ1) is 21.7. The molecule has 158 valence electrons. The number of sulfonamides is 1. The summed E-state index contributed by atoms with van der Waals surface area (Å²) in [5.74, 6) is 0.138. The minimum atomic E-state index is -3.53. The van der Waals surface area contributed by atoms with Crippen molar-refractivity contribution in [3.63, 3.8) is 0 Å².